The van der Waals surface area contributed by atoms with Crippen LogP contribution in [0, 0.1) is 0 Å². The van der Waals surface area contributed by atoms with E-state index in [9.17, 15) is 4.79 Å². The summed E-state index contributed by atoms with van der Waals surface area (Å²) in [5.74, 6) is 0. The second kappa shape index (κ2) is 3.89. The lowest BCUT2D eigenvalue weighted by atomic mass is 10.9. The molecule has 0 heterocycles. The zero-order valence-corrected chi connectivity index (χ0v) is 4.68. The maximum absolute atomic E-state index is 9.56. The van der Waals surface area contributed by atoms with Crippen molar-refractivity contribution in [1.82, 2.24) is 4.58 Å². The predicted octanol–water partition coefficient (Wildman–Crippen LogP) is 0.550. The van der Waals surface area contributed by atoms with Gasteiger partial charge in [-0.1, -0.05) is 0 Å². The Hall–Kier alpha value is -0.280. The Kier molecular flexibility index (Phi) is 3.74. The molecule has 0 aromatic heterocycles. The molecule has 4 heteroatoms. The minimum atomic E-state index is 0.380. The van der Waals surface area contributed by atoms with Crippen molar-refractivity contribution in [2.24, 2.45) is 0 Å². The zero-order valence-electron chi connectivity index (χ0n) is 3.93. The standard InChI is InChI=1S/C3H6ClNO2/c1-2-7-5(4)3-6/h3H,2H2,1H3. The van der Waals surface area contributed by atoms with Crippen LogP contribution in [0.1, 0.15) is 6.92 Å². The van der Waals surface area contributed by atoms with Crippen molar-refractivity contribution >= 4 is 18.2 Å². The number of halogens is 1. The van der Waals surface area contributed by atoms with Gasteiger partial charge in [-0.3, -0.25) is 9.63 Å². The van der Waals surface area contributed by atoms with Crippen LogP contribution in [0.5, 0.6) is 0 Å². The molecule has 42 valence electrons. The normalized spacial score (nSPS) is 8.29. The van der Waals surface area contributed by atoms with E-state index in [-0.39, 0.29) is 0 Å². The van der Waals surface area contributed by atoms with Gasteiger partial charge in [0, 0.05) is 11.8 Å². The highest BCUT2D eigenvalue weighted by Crippen LogP contribution is 1.86. The van der Waals surface area contributed by atoms with E-state index in [1.807, 2.05) is 0 Å². The highest BCUT2D eigenvalue weighted by atomic mass is 35.5. The molecule has 0 N–H and O–H groups in total. The molecule has 0 fully saturated rings. The van der Waals surface area contributed by atoms with Crippen LogP contribution in [0.2, 0.25) is 0 Å². The molecule has 0 aliphatic rings. The Morgan fingerprint density at radius 3 is 2.71 bits per heavy atom. The van der Waals surface area contributed by atoms with Crippen LogP contribution in [0.25, 0.3) is 0 Å². The molecule has 0 radical (unpaired) electrons. The van der Waals surface area contributed by atoms with Gasteiger partial charge < -0.3 is 0 Å². The first-order valence-corrected chi connectivity index (χ1v) is 2.18. The van der Waals surface area contributed by atoms with E-state index in [1.165, 1.54) is 0 Å². The summed E-state index contributed by atoms with van der Waals surface area (Å²) < 4.78 is 0.597. The van der Waals surface area contributed by atoms with E-state index in [2.05, 4.69) is 4.84 Å². The molecule has 0 unspecified atom stereocenters. The SMILES string of the molecule is CCON(Cl)C=O. The average Bonchev–Trinajstić information content (AvgIpc) is 1.68. The summed E-state index contributed by atoms with van der Waals surface area (Å²) in [5, 5.41) is 0. The molecule has 0 saturated heterocycles. The monoisotopic (exact) mass is 123 g/mol. The summed E-state index contributed by atoms with van der Waals surface area (Å²) >= 11 is 5.01. The lowest BCUT2D eigenvalue weighted by molar-refractivity contribution is -0.142. The van der Waals surface area contributed by atoms with Gasteiger partial charge in [0.1, 0.15) is 0 Å². The van der Waals surface area contributed by atoms with Crippen molar-refractivity contribution in [2.45, 2.75) is 6.92 Å². The number of amides is 1. The van der Waals surface area contributed by atoms with Gasteiger partial charge in [0.05, 0.1) is 6.61 Å². The van der Waals surface area contributed by atoms with Gasteiger partial charge in [-0.2, -0.15) is 0 Å². The molecule has 0 rings (SSSR count). The number of nitrogens with zero attached hydrogens (tertiary/aromatic N) is 1. The van der Waals surface area contributed by atoms with E-state index >= 15 is 0 Å². The number of carbonyl (C=O) groups excluding carboxylic acids is 1. The summed E-state index contributed by atoms with van der Waals surface area (Å²) in [5.41, 5.74) is 0. The highest BCUT2D eigenvalue weighted by Gasteiger charge is 1.88. The van der Waals surface area contributed by atoms with Gasteiger partial charge in [0.15, 0.2) is 0 Å². The van der Waals surface area contributed by atoms with Gasteiger partial charge in [0.2, 0.25) is 6.41 Å². The topological polar surface area (TPSA) is 29.5 Å². The smallest absolute Gasteiger partial charge is 0.249 e. The molecule has 0 spiro atoms. The first-order valence-electron chi connectivity index (χ1n) is 1.84. The summed E-state index contributed by atoms with van der Waals surface area (Å²) in [6.07, 6.45) is 0.380. The lowest BCUT2D eigenvalue weighted by Gasteiger charge is -2.01. The van der Waals surface area contributed by atoms with E-state index in [0.29, 0.717) is 17.6 Å². The first kappa shape index (κ1) is 6.72. The predicted molar refractivity (Wildman–Crippen MR) is 25.4 cm³/mol. The Morgan fingerprint density at radius 1 is 2.00 bits per heavy atom. The summed E-state index contributed by atoms with van der Waals surface area (Å²) in [6, 6.07) is 0. The van der Waals surface area contributed by atoms with Crippen LogP contribution in [-0.2, 0) is 9.63 Å². The Balaban J connectivity index is 2.98. The third-order valence-corrected chi connectivity index (χ3v) is 0.513. The minimum Gasteiger partial charge on any atom is -0.275 e. The second-order valence-electron chi connectivity index (χ2n) is 0.795. The first-order chi connectivity index (χ1) is 3.31. The number of hydroxylamine groups is 1. The van der Waals surface area contributed by atoms with Gasteiger partial charge in [-0.05, 0) is 6.92 Å². The molecule has 3 nitrogen and oxygen atoms in total. The maximum Gasteiger partial charge on any atom is 0.249 e. The van der Waals surface area contributed by atoms with Crippen molar-refractivity contribution in [3.05, 3.63) is 0 Å². The fourth-order valence-electron chi connectivity index (χ4n) is 0.154. The van der Waals surface area contributed by atoms with Gasteiger partial charge in [0.25, 0.3) is 0 Å². The van der Waals surface area contributed by atoms with Crippen molar-refractivity contribution in [2.75, 3.05) is 6.61 Å². The Bertz CT molecular complexity index is 58.9. The van der Waals surface area contributed by atoms with Gasteiger partial charge in [-0.15, -0.1) is 4.58 Å². The molecular formula is C3H6ClNO2. The van der Waals surface area contributed by atoms with Crippen LogP contribution < -0.4 is 0 Å². The molecule has 1 amide bonds. The highest BCUT2D eigenvalue weighted by molar-refractivity contribution is 6.17. The van der Waals surface area contributed by atoms with Crippen LogP contribution in [0.3, 0.4) is 0 Å². The van der Waals surface area contributed by atoms with Crippen molar-refractivity contribution in [1.29, 1.82) is 0 Å². The number of rotatable bonds is 3. The molecule has 0 atom stereocenters. The summed E-state index contributed by atoms with van der Waals surface area (Å²) in [4.78, 5) is 14.0. The molecule has 0 aromatic rings. The fourth-order valence-corrected chi connectivity index (χ4v) is 0.251. The number of carbonyl (C=O) groups is 1. The molecule has 0 saturated carbocycles. The van der Waals surface area contributed by atoms with Crippen LogP contribution in [0.4, 0.5) is 0 Å². The van der Waals surface area contributed by atoms with E-state index in [0.717, 1.165) is 0 Å². The lowest BCUT2D eigenvalue weighted by Crippen LogP contribution is -2.08. The van der Waals surface area contributed by atoms with Crippen molar-refractivity contribution < 1.29 is 9.63 Å². The van der Waals surface area contributed by atoms with Crippen molar-refractivity contribution in [3.8, 4) is 0 Å². The molecule has 0 aliphatic carbocycles. The molecule has 0 aliphatic heterocycles. The van der Waals surface area contributed by atoms with Gasteiger partial charge in [-0.25, -0.2) is 0 Å². The average molecular weight is 124 g/mol. The van der Waals surface area contributed by atoms with Gasteiger partial charge >= 0.3 is 0 Å². The molecule has 7 heavy (non-hydrogen) atoms. The maximum atomic E-state index is 9.56. The fraction of sp³-hybridized carbons (Fsp3) is 0.667. The van der Waals surface area contributed by atoms with E-state index < -0.39 is 0 Å². The quantitative estimate of drug-likeness (QED) is 0.312. The third-order valence-electron chi connectivity index (χ3n) is 0.335. The zero-order chi connectivity index (χ0) is 5.70. The minimum absolute atomic E-state index is 0.380. The van der Waals surface area contributed by atoms with E-state index in [1.54, 1.807) is 6.92 Å². The Morgan fingerprint density at radius 2 is 2.57 bits per heavy atom. The second-order valence-corrected chi connectivity index (χ2v) is 1.13. The summed E-state index contributed by atoms with van der Waals surface area (Å²) in [6.45, 7) is 2.14. The van der Waals surface area contributed by atoms with Crippen molar-refractivity contribution in [3.63, 3.8) is 0 Å². The van der Waals surface area contributed by atoms with Crippen LogP contribution in [0.15, 0.2) is 0 Å². The number of hydrogen-bond donors (Lipinski definition) is 0. The number of hydrogen-bond acceptors (Lipinski definition) is 2. The van der Waals surface area contributed by atoms with Crippen LogP contribution >= 0.6 is 11.8 Å². The van der Waals surface area contributed by atoms with E-state index in [4.69, 9.17) is 11.8 Å². The largest absolute Gasteiger partial charge is 0.275 e. The molecule has 0 aromatic carbocycles. The van der Waals surface area contributed by atoms with Crippen LogP contribution in [-0.4, -0.2) is 17.6 Å². The summed E-state index contributed by atoms with van der Waals surface area (Å²) in [7, 11) is 0. The Labute approximate surface area is 46.9 Å². The molecule has 0 bridgehead atoms. The third kappa shape index (κ3) is 3.55. The molecular weight excluding hydrogens is 117 g/mol.